The summed E-state index contributed by atoms with van der Waals surface area (Å²) in [7, 11) is 0. The van der Waals surface area contributed by atoms with Crippen molar-refractivity contribution in [2.45, 2.75) is 32.2 Å². The van der Waals surface area contributed by atoms with Gasteiger partial charge in [-0.25, -0.2) is 0 Å². The van der Waals surface area contributed by atoms with Gasteiger partial charge in [0.05, 0.1) is 0 Å². The van der Waals surface area contributed by atoms with Crippen LogP contribution < -0.4 is 15.8 Å². The molecule has 98 valence electrons. The molecule has 1 amide bonds. The fraction of sp³-hybridized carbons (Fsp3) is 0.500. The minimum absolute atomic E-state index is 0.0794. The highest BCUT2D eigenvalue weighted by Crippen LogP contribution is 2.28. The maximum atomic E-state index is 10.7. The molecule has 0 aromatic heterocycles. The second-order valence-corrected chi connectivity index (χ2v) is 5.04. The van der Waals surface area contributed by atoms with Crippen LogP contribution in [0.25, 0.3) is 0 Å². The molecule has 4 nitrogen and oxygen atoms in total. The van der Waals surface area contributed by atoms with E-state index >= 15 is 0 Å². The second-order valence-electron chi connectivity index (χ2n) is 5.04. The van der Waals surface area contributed by atoms with Gasteiger partial charge in [0, 0.05) is 17.8 Å². The number of amides is 1. The van der Waals surface area contributed by atoms with Gasteiger partial charge in [-0.05, 0) is 37.3 Å². The summed E-state index contributed by atoms with van der Waals surface area (Å²) in [5.41, 5.74) is 6.08. The number of anilines is 1. The van der Waals surface area contributed by atoms with Crippen molar-refractivity contribution < 1.29 is 9.53 Å². The van der Waals surface area contributed by atoms with Crippen LogP contribution in [0, 0.1) is 5.92 Å². The third-order valence-corrected chi connectivity index (χ3v) is 3.28. The quantitative estimate of drug-likeness (QED) is 0.839. The number of nitrogens with one attached hydrogen (secondary N) is 1. The fourth-order valence-corrected chi connectivity index (χ4v) is 2.40. The van der Waals surface area contributed by atoms with Crippen LogP contribution in [0.3, 0.4) is 0 Å². The average molecular weight is 248 g/mol. The molecule has 2 unspecified atom stereocenters. The third kappa shape index (κ3) is 3.65. The van der Waals surface area contributed by atoms with E-state index in [-0.39, 0.29) is 6.61 Å². The van der Waals surface area contributed by atoms with Crippen molar-refractivity contribution in [3.63, 3.8) is 0 Å². The molecule has 0 aliphatic heterocycles. The summed E-state index contributed by atoms with van der Waals surface area (Å²) < 4.78 is 5.28. The van der Waals surface area contributed by atoms with Crippen molar-refractivity contribution in [3.8, 4) is 5.75 Å². The first-order valence-electron chi connectivity index (χ1n) is 6.41. The van der Waals surface area contributed by atoms with Crippen LogP contribution in [0.15, 0.2) is 24.3 Å². The van der Waals surface area contributed by atoms with E-state index in [9.17, 15) is 4.79 Å². The van der Waals surface area contributed by atoms with E-state index in [1.807, 2.05) is 24.3 Å². The van der Waals surface area contributed by atoms with Gasteiger partial charge in [-0.3, -0.25) is 4.79 Å². The highest BCUT2D eigenvalue weighted by molar-refractivity contribution is 5.75. The normalized spacial score (nSPS) is 22.7. The molecule has 18 heavy (non-hydrogen) atoms. The Bertz CT molecular complexity index is 420. The Morgan fingerprint density at radius 3 is 3.00 bits per heavy atom. The SMILES string of the molecule is CC1CCC(Nc2cccc(OCC(N)=O)c2)C1. The zero-order valence-corrected chi connectivity index (χ0v) is 10.7. The summed E-state index contributed by atoms with van der Waals surface area (Å²) in [5.74, 6) is 1.01. The Morgan fingerprint density at radius 2 is 2.33 bits per heavy atom. The van der Waals surface area contributed by atoms with Crippen LogP contribution in [0.5, 0.6) is 5.75 Å². The van der Waals surface area contributed by atoms with Crippen molar-refractivity contribution in [3.05, 3.63) is 24.3 Å². The monoisotopic (exact) mass is 248 g/mol. The molecule has 2 atom stereocenters. The molecule has 1 saturated carbocycles. The van der Waals surface area contributed by atoms with Crippen LogP contribution in [-0.4, -0.2) is 18.6 Å². The van der Waals surface area contributed by atoms with E-state index in [1.54, 1.807) is 0 Å². The number of nitrogens with two attached hydrogens (primary N) is 1. The van der Waals surface area contributed by atoms with Crippen molar-refractivity contribution in [2.24, 2.45) is 11.7 Å². The number of rotatable bonds is 5. The lowest BCUT2D eigenvalue weighted by atomic mass is 10.1. The summed E-state index contributed by atoms with van der Waals surface area (Å²) in [4.78, 5) is 10.7. The zero-order valence-electron chi connectivity index (χ0n) is 10.7. The van der Waals surface area contributed by atoms with Crippen molar-refractivity contribution in [1.29, 1.82) is 0 Å². The van der Waals surface area contributed by atoms with Crippen LogP contribution >= 0.6 is 0 Å². The Hall–Kier alpha value is -1.71. The molecule has 4 heteroatoms. The largest absolute Gasteiger partial charge is 0.484 e. The highest BCUT2D eigenvalue weighted by Gasteiger charge is 2.20. The number of primary amides is 1. The Labute approximate surface area is 108 Å². The van der Waals surface area contributed by atoms with Crippen LogP contribution in [0.4, 0.5) is 5.69 Å². The van der Waals surface area contributed by atoms with Gasteiger partial charge in [-0.1, -0.05) is 13.0 Å². The summed E-state index contributed by atoms with van der Waals surface area (Å²) in [6.45, 7) is 2.21. The average Bonchev–Trinajstić information content (AvgIpc) is 2.73. The lowest BCUT2D eigenvalue weighted by Gasteiger charge is -2.14. The number of carbonyl (C=O) groups is 1. The Morgan fingerprint density at radius 1 is 1.50 bits per heavy atom. The fourth-order valence-electron chi connectivity index (χ4n) is 2.40. The first-order chi connectivity index (χ1) is 8.63. The Kier molecular flexibility index (Phi) is 4.07. The van der Waals surface area contributed by atoms with Gasteiger partial charge in [0.25, 0.3) is 5.91 Å². The van der Waals surface area contributed by atoms with Crippen molar-refractivity contribution in [2.75, 3.05) is 11.9 Å². The van der Waals surface area contributed by atoms with E-state index in [0.717, 1.165) is 11.6 Å². The molecular formula is C14H20N2O2. The summed E-state index contributed by atoms with van der Waals surface area (Å²) in [5, 5.41) is 3.50. The summed E-state index contributed by atoms with van der Waals surface area (Å²) in [6.07, 6.45) is 3.72. The molecular weight excluding hydrogens is 228 g/mol. The first-order valence-corrected chi connectivity index (χ1v) is 6.41. The van der Waals surface area contributed by atoms with E-state index in [4.69, 9.17) is 10.5 Å². The molecule has 1 aliphatic rings. The number of carbonyl (C=O) groups excluding carboxylic acids is 1. The summed E-state index contributed by atoms with van der Waals surface area (Å²) >= 11 is 0. The number of hydrogen-bond donors (Lipinski definition) is 2. The molecule has 2 rings (SSSR count). The van der Waals surface area contributed by atoms with Gasteiger partial charge in [0.15, 0.2) is 6.61 Å². The molecule has 0 radical (unpaired) electrons. The highest BCUT2D eigenvalue weighted by atomic mass is 16.5. The van der Waals surface area contributed by atoms with Gasteiger partial charge in [-0.2, -0.15) is 0 Å². The summed E-state index contributed by atoms with van der Waals surface area (Å²) in [6, 6.07) is 8.21. The molecule has 0 saturated heterocycles. The van der Waals surface area contributed by atoms with Crippen LogP contribution in [-0.2, 0) is 4.79 Å². The third-order valence-electron chi connectivity index (χ3n) is 3.28. The topological polar surface area (TPSA) is 64.3 Å². The van der Waals surface area contributed by atoms with Gasteiger partial charge in [0.1, 0.15) is 5.75 Å². The molecule has 3 N–H and O–H groups in total. The molecule has 0 bridgehead atoms. The molecule has 1 aromatic carbocycles. The second kappa shape index (κ2) is 5.76. The predicted octanol–water partition coefficient (Wildman–Crippen LogP) is 2.15. The van der Waals surface area contributed by atoms with E-state index in [2.05, 4.69) is 12.2 Å². The van der Waals surface area contributed by atoms with E-state index in [0.29, 0.717) is 11.8 Å². The molecule has 1 aliphatic carbocycles. The van der Waals surface area contributed by atoms with Crippen molar-refractivity contribution in [1.82, 2.24) is 0 Å². The molecule has 1 aromatic rings. The minimum atomic E-state index is -0.460. The molecule has 0 spiro atoms. The van der Waals surface area contributed by atoms with Gasteiger partial charge in [-0.15, -0.1) is 0 Å². The first kappa shape index (κ1) is 12.7. The molecule has 1 fully saturated rings. The lowest BCUT2D eigenvalue weighted by molar-refractivity contribution is -0.119. The zero-order chi connectivity index (χ0) is 13.0. The van der Waals surface area contributed by atoms with Gasteiger partial charge < -0.3 is 15.8 Å². The number of hydrogen-bond acceptors (Lipinski definition) is 3. The van der Waals surface area contributed by atoms with Crippen molar-refractivity contribution >= 4 is 11.6 Å². The molecule has 0 heterocycles. The van der Waals surface area contributed by atoms with E-state index < -0.39 is 5.91 Å². The van der Waals surface area contributed by atoms with Crippen LogP contribution in [0.2, 0.25) is 0 Å². The lowest BCUT2D eigenvalue weighted by Crippen LogP contribution is -2.20. The number of ether oxygens (including phenoxy) is 1. The standard InChI is InChI=1S/C14H20N2O2/c1-10-5-6-12(7-10)16-11-3-2-4-13(8-11)18-9-14(15)17/h2-4,8,10,12,16H,5-7,9H2,1H3,(H2,15,17). The minimum Gasteiger partial charge on any atom is -0.484 e. The van der Waals surface area contributed by atoms with Gasteiger partial charge >= 0.3 is 0 Å². The predicted molar refractivity (Wildman–Crippen MR) is 71.6 cm³/mol. The van der Waals surface area contributed by atoms with E-state index in [1.165, 1.54) is 19.3 Å². The van der Waals surface area contributed by atoms with Gasteiger partial charge in [0.2, 0.25) is 0 Å². The van der Waals surface area contributed by atoms with Crippen LogP contribution in [0.1, 0.15) is 26.2 Å². The maximum Gasteiger partial charge on any atom is 0.255 e. The number of benzene rings is 1. The smallest absolute Gasteiger partial charge is 0.255 e. The Balaban J connectivity index is 1.92. The maximum absolute atomic E-state index is 10.7.